The number of rotatable bonds is 4. The summed E-state index contributed by atoms with van der Waals surface area (Å²) in [7, 11) is 0. The fraction of sp³-hybridized carbons (Fsp3) is 0.238. The van der Waals surface area contributed by atoms with Gasteiger partial charge in [-0.25, -0.2) is 4.98 Å². The zero-order valence-corrected chi connectivity index (χ0v) is 15.6. The summed E-state index contributed by atoms with van der Waals surface area (Å²) in [6.45, 7) is 0.929. The zero-order chi connectivity index (χ0) is 20.0. The Morgan fingerprint density at radius 2 is 2.00 bits per heavy atom. The first kappa shape index (κ1) is 17.4. The lowest BCUT2D eigenvalue weighted by Crippen LogP contribution is -2.52. The standard InChI is InChI=1S/C21H19N5O3/c27-18-8-7-17(19(28)25-18)26-11-13-9-12(5-6-14(13)20(26)29)10-22-21-23-15-3-1-2-4-16(15)24-21/h1-6,9,17H,7-8,10-11H2,(H2,22,23,24)(H,25,27,28). The number of nitrogens with one attached hydrogen (secondary N) is 3. The van der Waals surface area contributed by atoms with Gasteiger partial charge in [-0.15, -0.1) is 0 Å². The van der Waals surface area contributed by atoms with Gasteiger partial charge in [-0.1, -0.05) is 24.3 Å². The number of anilines is 1. The molecule has 5 rings (SSSR count). The summed E-state index contributed by atoms with van der Waals surface area (Å²) in [6.07, 6.45) is 0.619. The van der Waals surface area contributed by atoms with E-state index in [-0.39, 0.29) is 18.2 Å². The van der Waals surface area contributed by atoms with E-state index in [4.69, 9.17) is 0 Å². The van der Waals surface area contributed by atoms with Crippen molar-refractivity contribution in [3.63, 3.8) is 0 Å². The number of imidazole rings is 1. The van der Waals surface area contributed by atoms with Crippen molar-refractivity contribution in [1.29, 1.82) is 0 Å². The third-order valence-corrected chi connectivity index (χ3v) is 5.44. The largest absolute Gasteiger partial charge is 0.352 e. The summed E-state index contributed by atoms with van der Waals surface area (Å²) in [6, 6.07) is 12.9. The summed E-state index contributed by atoms with van der Waals surface area (Å²) < 4.78 is 0. The Morgan fingerprint density at radius 1 is 1.14 bits per heavy atom. The molecule has 2 aliphatic heterocycles. The van der Waals surface area contributed by atoms with Crippen molar-refractivity contribution in [2.75, 3.05) is 5.32 Å². The number of hydrogen-bond acceptors (Lipinski definition) is 5. The van der Waals surface area contributed by atoms with Crippen LogP contribution in [0.1, 0.15) is 34.3 Å². The van der Waals surface area contributed by atoms with E-state index in [1.165, 1.54) is 0 Å². The SMILES string of the molecule is O=C1CCC(N2Cc3cc(CNc4nc5ccccc5[nH]4)ccc3C2=O)C(=O)N1. The number of imide groups is 1. The van der Waals surface area contributed by atoms with Gasteiger partial charge in [0.2, 0.25) is 17.8 Å². The summed E-state index contributed by atoms with van der Waals surface area (Å²) >= 11 is 0. The highest BCUT2D eigenvalue weighted by Gasteiger charge is 2.38. The summed E-state index contributed by atoms with van der Waals surface area (Å²) in [5.74, 6) is -0.150. The molecule has 1 atom stereocenters. The van der Waals surface area contributed by atoms with Crippen LogP contribution in [-0.2, 0) is 22.7 Å². The molecule has 3 heterocycles. The molecule has 3 amide bonds. The molecule has 8 nitrogen and oxygen atoms in total. The van der Waals surface area contributed by atoms with Crippen molar-refractivity contribution < 1.29 is 14.4 Å². The minimum Gasteiger partial charge on any atom is -0.352 e. The molecule has 8 heteroatoms. The Bertz CT molecular complexity index is 1120. The van der Waals surface area contributed by atoms with E-state index in [9.17, 15) is 14.4 Å². The molecule has 0 radical (unpaired) electrons. The average Bonchev–Trinajstić information content (AvgIpc) is 3.27. The highest BCUT2D eigenvalue weighted by atomic mass is 16.2. The van der Waals surface area contributed by atoms with Crippen molar-refractivity contribution in [2.24, 2.45) is 0 Å². The van der Waals surface area contributed by atoms with E-state index >= 15 is 0 Å². The molecule has 0 bridgehead atoms. The van der Waals surface area contributed by atoms with Gasteiger partial charge in [0.1, 0.15) is 6.04 Å². The molecule has 0 aliphatic carbocycles. The van der Waals surface area contributed by atoms with Crippen LogP contribution in [0.3, 0.4) is 0 Å². The van der Waals surface area contributed by atoms with Gasteiger partial charge in [0.15, 0.2) is 0 Å². The molecule has 3 N–H and O–H groups in total. The molecule has 3 aromatic rings. The van der Waals surface area contributed by atoms with Gasteiger partial charge in [0.05, 0.1) is 11.0 Å². The lowest BCUT2D eigenvalue weighted by Gasteiger charge is -2.29. The maximum Gasteiger partial charge on any atom is 0.255 e. The molecular formula is C21H19N5O3. The van der Waals surface area contributed by atoms with Crippen LogP contribution in [0.25, 0.3) is 11.0 Å². The van der Waals surface area contributed by atoms with Crippen LogP contribution >= 0.6 is 0 Å². The summed E-state index contributed by atoms with van der Waals surface area (Å²) in [5, 5.41) is 5.59. The number of amides is 3. The van der Waals surface area contributed by atoms with E-state index in [0.29, 0.717) is 31.0 Å². The number of benzene rings is 2. The van der Waals surface area contributed by atoms with Crippen molar-refractivity contribution >= 4 is 34.7 Å². The molecule has 1 fully saturated rings. The number of fused-ring (bicyclic) bond motifs is 2. The van der Waals surface area contributed by atoms with Crippen LogP contribution in [0.15, 0.2) is 42.5 Å². The number of aromatic amines is 1. The van der Waals surface area contributed by atoms with Crippen molar-refractivity contribution in [3.8, 4) is 0 Å². The van der Waals surface area contributed by atoms with Gasteiger partial charge in [0.25, 0.3) is 5.91 Å². The smallest absolute Gasteiger partial charge is 0.255 e. The number of H-pyrrole nitrogens is 1. The molecule has 2 aromatic carbocycles. The molecule has 1 aromatic heterocycles. The average molecular weight is 389 g/mol. The maximum atomic E-state index is 12.7. The number of para-hydroxylation sites is 2. The monoisotopic (exact) mass is 389 g/mol. The predicted octanol–water partition coefficient (Wildman–Crippen LogP) is 1.94. The first-order valence-electron chi connectivity index (χ1n) is 9.53. The van der Waals surface area contributed by atoms with Crippen LogP contribution in [0.2, 0.25) is 0 Å². The van der Waals surface area contributed by atoms with Gasteiger partial charge >= 0.3 is 0 Å². The molecule has 0 saturated carbocycles. The summed E-state index contributed by atoms with van der Waals surface area (Å²) in [4.78, 5) is 45.5. The van der Waals surface area contributed by atoms with Crippen LogP contribution < -0.4 is 10.6 Å². The Labute approximate surface area is 166 Å². The van der Waals surface area contributed by atoms with Crippen molar-refractivity contribution in [2.45, 2.75) is 32.0 Å². The number of piperidine rings is 1. The minimum absolute atomic E-state index is 0.161. The van der Waals surface area contributed by atoms with Gasteiger partial charge in [0, 0.05) is 25.1 Å². The third-order valence-electron chi connectivity index (χ3n) is 5.44. The quantitative estimate of drug-likeness (QED) is 0.591. The fourth-order valence-corrected chi connectivity index (χ4v) is 3.96. The second-order valence-corrected chi connectivity index (χ2v) is 7.35. The Morgan fingerprint density at radius 3 is 2.83 bits per heavy atom. The van der Waals surface area contributed by atoms with Crippen molar-refractivity contribution in [1.82, 2.24) is 20.2 Å². The van der Waals surface area contributed by atoms with Gasteiger partial charge in [-0.2, -0.15) is 0 Å². The zero-order valence-electron chi connectivity index (χ0n) is 15.6. The van der Waals surface area contributed by atoms with Crippen LogP contribution in [0.4, 0.5) is 5.95 Å². The highest BCUT2D eigenvalue weighted by molar-refractivity contribution is 6.05. The second-order valence-electron chi connectivity index (χ2n) is 7.35. The molecule has 0 spiro atoms. The maximum absolute atomic E-state index is 12.7. The first-order valence-corrected chi connectivity index (χ1v) is 9.53. The predicted molar refractivity (Wildman–Crippen MR) is 106 cm³/mol. The van der Waals surface area contributed by atoms with E-state index < -0.39 is 11.9 Å². The third kappa shape index (κ3) is 3.12. The van der Waals surface area contributed by atoms with E-state index in [1.807, 2.05) is 36.4 Å². The molecule has 29 heavy (non-hydrogen) atoms. The molecule has 2 aliphatic rings. The Kier molecular flexibility index (Phi) is 4.04. The van der Waals surface area contributed by atoms with E-state index in [0.717, 1.165) is 22.2 Å². The summed E-state index contributed by atoms with van der Waals surface area (Å²) in [5.41, 5.74) is 4.39. The van der Waals surface area contributed by atoms with Gasteiger partial charge in [-0.05, 0) is 35.7 Å². The minimum atomic E-state index is -0.593. The van der Waals surface area contributed by atoms with Crippen molar-refractivity contribution in [3.05, 3.63) is 59.2 Å². The highest BCUT2D eigenvalue weighted by Crippen LogP contribution is 2.28. The number of carbonyl (C=O) groups excluding carboxylic acids is 3. The number of carbonyl (C=O) groups is 3. The topological polar surface area (TPSA) is 107 Å². The lowest BCUT2D eigenvalue weighted by molar-refractivity contribution is -0.136. The van der Waals surface area contributed by atoms with Gasteiger partial charge < -0.3 is 15.2 Å². The fourth-order valence-electron chi connectivity index (χ4n) is 3.96. The molecular weight excluding hydrogens is 370 g/mol. The van der Waals surface area contributed by atoms with E-state index in [1.54, 1.807) is 11.0 Å². The first-order chi connectivity index (χ1) is 14.1. The Hall–Kier alpha value is -3.68. The number of aromatic nitrogens is 2. The second kappa shape index (κ2) is 6.73. The van der Waals surface area contributed by atoms with Crippen LogP contribution in [0, 0.1) is 0 Å². The molecule has 1 saturated heterocycles. The Balaban J connectivity index is 1.30. The molecule has 146 valence electrons. The van der Waals surface area contributed by atoms with Gasteiger partial charge in [-0.3, -0.25) is 19.7 Å². The molecule has 1 unspecified atom stereocenters. The number of hydrogen-bond donors (Lipinski definition) is 3. The van der Waals surface area contributed by atoms with E-state index in [2.05, 4.69) is 20.6 Å². The lowest BCUT2D eigenvalue weighted by atomic mass is 10.0. The van der Waals surface area contributed by atoms with Crippen LogP contribution in [-0.4, -0.2) is 38.6 Å². The number of nitrogens with zero attached hydrogens (tertiary/aromatic N) is 2. The van der Waals surface area contributed by atoms with Crippen LogP contribution in [0.5, 0.6) is 0 Å². The normalized spacial score (nSPS) is 18.8.